The quantitative estimate of drug-likeness (QED) is 0.848. The van der Waals surface area contributed by atoms with E-state index < -0.39 is 0 Å². The number of rotatable bonds is 6. The largest absolute Gasteiger partial charge is 0.486 e. The number of amides is 1. The molecule has 0 aliphatic carbocycles. The van der Waals surface area contributed by atoms with Crippen LogP contribution in [0, 0.1) is 0 Å². The summed E-state index contributed by atoms with van der Waals surface area (Å²) in [5, 5.41) is 3.15. The highest BCUT2D eigenvalue weighted by Crippen LogP contribution is 2.30. The molecule has 0 saturated carbocycles. The van der Waals surface area contributed by atoms with Crippen molar-refractivity contribution in [2.75, 3.05) is 46.1 Å². The van der Waals surface area contributed by atoms with E-state index in [0.29, 0.717) is 19.6 Å². The highest BCUT2D eigenvalue weighted by atomic mass is 16.6. The molecule has 2 aliphatic heterocycles. The topological polar surface area (TPSA) is 60.0 Å². The molecule has 6 nitrogen and oxygen atoms in total. The smallest absolute Gasteiger partial charge is 0.224 e. The standard InChI is InChI=1S/C18H26N2O4/c1-2-15(13-20-5-7-22-8-6-20)19-18(21)12-14-3-4-16-17(11-14)24-10-9-23-16/h3-4,11,15H,2,5-10,12-13H2,1H3,(H,19,21). The molecule has 132 valence electrons. The Balaban J connectivity index is 1.52. The second-order valence-electron chi connectivity index (χ2n) is 6.24. The molecule has 0 bridgehead atoms. The SMILES string of the molecule is CCC(CN1CCOCC1)NC(=O)Cc1ccc2c(c1)OCCO2. The maximum Gasteiger partial charge on any atom is 0.224 e. The third kappa shape index (κ3) is 4.61. The average molecular weight is 334 g/mol. The first-order valence-electron chi connectivity index (χ1n) is 8.72. The Morgan fingerprint density at radius 2 is 1.92 bits per heavy atom. The third-order valence-corrected chi connectivity index (χ3v) is 4.41. The van der Waals surface area contributed by atoms with E-state index in [9.17, 15) is 4.79 Å². The van der Waals surface area contributed by atoms with Gasteiger partial charge in [-0.15, -0.1) is 0 Å². The Labute approximate surface area is 143 Å². The number of carbonyl (C=O) groups is 1. The molecule has 2 aliphatic rings. The van der Waals surface area contributed by atoms with Crippen molar-refractivity contribution in [2.24, 2.45) is 0 Å². The van der Waals surface area contributed by atoms with Gasteiger partial charge in [-0.3, -0.25) is 9.69 Å². The van der Waals surface area contributed by atoms with Crippen molar-refractivity contribution in [3.63, 3.8) is 0 Å². The van der Waals surface area contributed by atoms with Crippen LogP contribution in [0.1, 0.15) is 18.9 Å². The van der Waals surface area contributed by atoms with Crippen LogP contribution in [0.4, 0.5) is 0 Å². The van der Waals surface area contributed by atoms with Crippen molar-refractivity contribution in [3.05, 3.63) is 23.8 Å². The Morgan fingerprint density at radius 3 is 2.67 bits per heavy atom. The first-order chi connectivity index (χ1) is 11.7. The normalized spacial score (nSPS) is 18.9. The zero-order valence-electron chi connectivity index (χ0n) is 14.3. The van der Waals surface area contributed by atoms with Gasteiger partial charge in [0, 0.05) is 25.7 Å². The number of hydrogen-bond acceptors (Lipinski definition) is 5. The number of nitrogens with one attached hydrogen (secondary N) is 1. The van der Waals surface area contributed by atoms with E-state index in [4.69, 9.17) is 14.2 Å². The van der Waals surface area contributed by atoms with Crippen LogP contribution in [0.5, 0.6) is 11.5 Å². The molecule has 1 unspecified atom stereocenters. The van der Waals surface area contributed by atoms with Gasteiger partial charge in [0.05, 0.1) is 19.6 Å². The molecule has 3 rings (SSSR count). The van der Waals surface area contributed by atoms with Crippen molar-refractivity contribution in [3.8, 4) is 11.5 Å². The molecule has 0 aromatic heterocycles. The van der Waals surface area contributed by atoms with Crippen molar-refractivity contribution < 1.29 is 19.0 Å². The van der Waals surface area contributed by atoms with Gasteiger partial charge in [-0.1, -0.05) is 13.0 Å². The molecule has 1 saturated heterocycles. The summed E-state index contributed by atoms with van der Waals surface area (Å²) in [7, 11) is 0. The summed E-state index contributed by atoms with van der Waals surface area (Å²) in [6, 6.07) is 5.88. The molecule has 24 heavy (non-hydrogen) atoms. The first-order valence-corrected chi connectivity index (χ1v) is 8.72. The summed E-state index contributed by atoms with van der Waals surface area (Å²) < 4.78 is 16.5. The number of ether oxygens (including phenoxy) is 3. The lowest BCUT2D eigenvalue weighted by molar-refractivity contribution is -0.121. The van der Waals surface area contributed by atoms with Crippen molar-refractivity contribution >= 4 is 5.91 Å². The van der Waals surface area contributed by atoms with E-state index in [2.05, 4.69) is 17.1 Å². The molecule has 0 spiro atoms. The first kappa shape index (κ1) is 17.0. The zero-order valence-corrected chi connectivity index (χ0v) is 14.3. The van der Waals surface area contributed by atoms with Gasteiger partial charge in [0.2, 0.25) is 5.91 Å². The lowest BCUT2D eigenvalue weighted by Gasteiger charge is -2.30. The maximum atomic E-state index is 12.4. The minimum Gasteiger partial charge on any atom is -0.486 e. The monoisotopic (exact) mass is 334 g/mol. The molecule has 1 aromatic carbocycles. The van der Waals surface area contributed by atoms with Crippen LogP contribution in [0.25, 0.3) is 0 Å². The number of fused-ring (bicyclic) bond motifs is 1. The summed E-state index contributed by atoms with van der Waals surface area (Å²) >= 11 is 0. The van der Waals surface area contributed by atoms with Crippen LogP contribution < -0.4 is 14.8 Å². The predicted molar refractivity (Wildman–Crippen MR) is 90.6 cm³/mol. The summed E-state index contributed by atoms with van der Waals surface area (Å²) in [4.78, 5) is 14.7. The molecule has 2 heterocycles. The summed E-state index contributed by atoms with van der Waals surface area (Å²) in [5.74, 6) is 1.53. The van der Waals surface area contributed by atoms with Crippen LogP contribution in [-0.2, 0) is 16.0 Å². The lowest BCUT2D eigenvalue weighted by Crippen LogP contribution is -2.47. The van der Waals surface area contributed by atoms with Gasteiger partial charge in [-0.2, -0.15) is 0 Å². The van der Waals surface area contributed by atoms with Crippen molar-refractivity contribution in [1.82, 2.24) is 10.2 Å². The van der Waals surface area contributed by atoms with Gasteiger partial charge in [0.25, 0.3) is 0 Å². The van der Waals surface area contributed by atoms with Crippen LogP contribution in [0.2, 0.25) is 0 Å². The molecular formula is C18H26N2O4. The molecule has 6 heteroatoms. The summed E-state index contributed by atoms with van der Waals surface area (Å²) in [6.45, 7) is 7.56. The minimum atomic E-state index is 0.0480. The van der Waals surface area contributed by atoms with E-state index in [1.807, 2.05) is 18.2 Å². The fourth-order valence-electron chi connectivity index (χ4n) is 3.03. The fraction of sp³-hybridized carbons (Fsp3) is 0.611. The van der Waals surface area contributed by atoms with Crippen LogP contribution in [0.15, 0.2) is 18.2 Å². The second-order valence-corrected chi connectivity index (χ2v) is 6.24. The minimum absolute atomic E-state index is 0.0480. The molecular weight excluding hydrogens is 308 g/mol. The van der Waals surface area contributed by atoms with E-state index in [1.165, 1.54) is 0 Å². The summed E-state index contributed by atoms with van der Waals surface area (Å²) in [5.41, 5.74) is 0.943. The number of benzene rings is 1. The zero-order chi connectivity index (χ0) is 16.8. The fourth-order valence-corrected chi connectivity index (χ4v) is 3.03. The molecule has 0 radical (unpaired) electrons. The third-order valence-electron chi connectivity index (χ3n) is 4.41. The Morgan fingerprint density at radius 1 is 1.17 bits per heavy atom. The van der Waals surface area contributed by atoms with Gasteiger partial charge in [0.15, 0.2) is 11.5 Å². The summed E-state index contributed by atoms with van der Waals surface area (Å²) in [6.07, 6.45) is 1.28. The van der Waals surface area contributed by atoms with E-state index in [0.717, 1.165) is 56.3 Å². The molecule has 1 amide bonds. The van der Waals surface area contributed by atoms with Crippen molar-refractivity contribution in [1.29, 1.82) is 0 Å². The van der Waals surface area contributed by atoms with Crippen molar-refractivity contribution in [2.45, 2.75) is 25.8 Å². The average Bonchev–Trinajstić information content (AvgIpc) is 2.62. The van der Waals surface area contributed by atoms with Crippen LogP contribution in [-0.4, -0.2) is 62.9 Å². The molecule has 1 fully saturated rings. The van der Waals surface area contributed by atoms with Gasteiger partial charge in [-0.25, -0.2) is 0 Å². The van der Waals surface area contributed by atoms with Crippen LogP contribution in [0.3, 0.4) is 0 Å². The second kappa shape index (κ2) is 8.35. The van der Waals surface area contributed by atoms with Crippen LogP contribution >= 0.6 is 0 Å². The number of hydrogen-bond donors (Lipinski definition) is 1. The lowest BCUT2D eigenvalue weighted by atomic mass is 10.1. The van der Waals surface area contributed by atoms with Gasteiger partial charge in [0.1, 0.15) is 13.2 Å². The number of nitrogens with zero attached hydrogens (tertiary/aromatic N) is 1. The molecule has 1 N–H and O–H groups in total. The van der Waals surface area contributed by atoms with E-state index in [-0.39, 0.29) is 11.9 Å². The van der Waals surface area contributed by atoms with Gasteiger partial charge in [-0.05, 0) is 24.1 Å². The number of morpholine rings is 1. The van der Waals surface area contributed by atoms with Gasteiger partial charge < -0.3 is 19.5 Å². The Bertz CT molecular complexity index is 558. The highest BCUT2D eigenvalue weighted by molar-refractivity contribution is 5.79. The predicted octanol–water partition coefficient (Wildman–Crippen LogP) is 1.23. The molecule has 1 aromatic rings. The number of carbonyl (C=O) groups excluding carboxylic acids is 1. The van der Waals surface area contributed by atoms with E-state index >= 15 is 0 Å². The molecule has 1 atom stereocenters. The maximum absolute atomic E-state index is 12.4. The van der Waals surface area contributed by atoms with E-state index in [1.54, 1.807) is 0 Å². The Hall–Kier alpha value is -1.79. The highest BCUT2D eigenvalue weighted by Gasteiger charge is 2.18. The Kier molecular flexibility index (Phi) is 5.93. The van der Waals surface area contributed by atoms with Gasteiger partial charge >= 0.3 is 0 Å².